The second kappa shape index (κ2) is 3.59. The van der Waals surface area contributed by atoms with E-state index < -0.39 is 0 Å². The van der Waals surface area contributed by atoms with Gasteiger partial charge in [-0.15, -0.1) is 5.10 Å². The van der Waals surface area contributed by atoms with Crippen molar-refractivity contribution in [3.05, 3.63) is 11.4 Å². The molecule has 1 aromatic rings. The van der Waals surface area contributed by atoms with E-state index in [-0.39, 0.29) is 5.54 Å². The number of hydrogen-bond acceptors (Lipinski definition) is 3. The van der Waals surface area contributed by atoms with Crippen molar-refractivity contribution in [2.24, 2.45) is 12.8 Å². The van der Waals surface area contributed by atoms with E-state index in [0.717, 1.165) is 18.5 Å². The lowest BCUT2D eigenvalue weighted by Gasteiger charge is -2.10. The van der Waals surface area contributed by atoms with Crippen LogP contribution in [0.3, 0.4) is 0 Å². The van der Waals surface area contributed by atoms with Gasteiger partial charge in [0, 0.05) is 12.6 Å². The van der Waals surface area contributed by atoms with Crippen molar-refractivity contribution in [2.45, 2.75) is 51.0 Å². The number of nitrogens with two attached hydrogens (primary N) is 1. The van der Waals surface area contributed by atoms with Crippen LogP contribution < -0.4 is 5.73 Å². The average molecular weight is 208 g/mol. The number of aryl methyl sites for hydroxylation is 2. The van der Waals surface area contributed by atoms with Crippen LogP contribution in [0.1, 0.15) is 50.4 Å². The van der Waals surface area contributed by atoms with Crippen LogP contribution in [0.25, 0.3) is 0 Å². The molecule has 1 aliphatic rings. The molecular formula is C11H20N4. The Bertz CT molecular complexity index is 349. The molecule has 15 heavy (non-hydrogen) atoms. The summed E-state index contributed by atoms with van der Waals surface area (Å²) in [4.78, 5) is 0. The first-order chi connectivity index (χ1) is 7.02. The van der Waals surface area contributed by atoms with Crippen molar-refractivity contribution in [1.82, 2.24) is 15.0 Å². The third kappa shape index (κ3) is 2.20. The van der Waals surface area contributed by atoms with Crippen molar-refractivity contribution < 1.29 is 0 Å². The molecule has 0 atom stereocenters. The summed E-state index contributed by atoms with van der Waals surface area (Å²) >= 11 is 0. The Labute approximate surface area is 90.8 Å². The molecule has 1 saturated carbocycles. The smallest absolute Gasteiger partial charge is 0.0862 e. The van der Waals surface area contributed by atoms with Gasteiger partial charge in [0.15, 0.2) is 0 Å². The molecular weight excluding hydrogens is 188 g/mol. The van der Waals surface area contributed by atoms with Gasteiger partial charge in [-0.05, 0) is 31.6 Å². The van der Waals surface area contributed by atoms with Gasteiger partial charge in [0.1, 0.15) is 0 Å². The minimum absolute atomic E-state index is 0.117. The van der Waals surface area contributed by atoms with Crippen molar-refractivity contribution >= 4 is 0 Å². The predicted octanol–water partition coefficient (Wildman–Crippen LogP) is 1.36. The van der Waals surface area contributed by atoms with E-state index in [9.17, 15) is 0 Å². The van der Waals surface area contributed by atoms with Crippen molar-refractivity contribution in [2.75, 3.05) is 0 Å². The minimum Gasteiger partial charge on any atom is -0.325 e. The first kappa shape index (κ1) is 10.6. The summed E-state index contributed by atoms with van der Waals surface area (Å²) < 4.78 is 1.89. The van der Waals surface area contributed by atoms with Crippen LogP contribution in [0.5, 0.6) is 0 Å². The largest absolute Gasteiger partial charge is 0.325 e. The highest BCUT2D eigenvalue weighted by Crippen LogP contribution is 2.36. The molecule has 0 amide bonds. The molecule has 4 heteroatoms. The van der Waals surface area contributed by atoms with E-state index in [0.29, 0.717) is 5.92 Å². The van der Waals surface area contributed by atoms with E-state index in [1.165, 1.54) is 18.5 Å². The number of aromatic nitrogens is 3. The number of rotatable bonds is 4. The maximum atomic E-state index is 6.07. The van der Waals surface area contributed by atoms with Crippen LogP contribution in [0, 0.1) is 0 Å². The quantitative estimate of drug-likeness (QED) is 0.813. The highest BCUT2D eigenvalue weighted by molar-refractivity contribution is 5.15. The van der Waals surface area contributed by atoms with Gasteiger partial charge in [-0.2, -0.15) is 0 Å². The van der Waals surface area contributed by atoms with Crippen LogP contribution in [-0.2, 0) is 13.5 Å². The Morgan fingerprint density at radius 2 is 2.13 bits per heavy atom. The maximum absolute atomic E-state index is 6.07. The van der Waals surface area contributed by atoms with Crippen molar-refractivity contribution in [1.29, 1.82) is 0 Å². The highest BCUT2D eigenvalue weighted by atomic mass is 15.4. The minimum atomic E-state index is 0.117. The van der Waals surface area contributed by atoms with Crippen LogP contribution >= 0.6 is 0 Å². The standard InChI is InChI=1S/C11H20N4/c1-8(2)10-9(13-14-15(10)3)4-5-11(12)6-7-11/h8H,4-7,12H2,1-3H3. The van der Waals surface area contributed by atoms with Gasteiger partial charge in [0.05, 0.1) is 11.4 Å². The summed E-state index contributed by atoms with van der Waals surface area (Å²) in [7, 11) is 1.96. The summed E-state index contributed by atoms with van der Waals surface area (Å²) in [5.41, 5.74) is 8.57. The van der Waals surface area contributed by atoms with Gasteiger partial charge < -0.3 is 5.73 Å². The SMILES string of the molecule is CC(C)c1c(CCC2(N)CC2)nnn1C. The zero-order valence-corrected chi connectivity index (χ0v) is 9.82. The number of nitrogens with zero attached hydrogens (tertiary/aromatic N) is 3. The Morgan fingerprint density at radius 1 is 1.47 bits per heavy atom. The lowest BCUT2D eigenvalue weighted by atomic mass is 10.0. The molecule has 0 radical (unpaired) electrons. The van der Waals surface area contributed by atoms with Crippen LogP contribution in [0.15, 0.2) is 0 Å². The monoisotopic (exact) mass is 208 g/mol. The molecule has 2 N–H and O–H groups in total. The molecule has 1 aliphatic carbocycles. The van der Waals surface area contributed by atoms with E-state index in [4.69, 9.17) is 5.73 Å². The molecule has 1 heterocycles. The van der Waals surface area contributed by atoms with Crippen LogP contribution in [0.2, 0.25) is 0 Å². The third-order valence-corrected chi connectivity index (χ3v) is 3.24. The Hall–Kier alpha value is -0.900. The van der Waals surface area contributed by atoms with Crippen molar-refractivity contribution in [3.8, 4) is 0 Å². The van der Waals surface area contributed by atoms with Gasteiger partial charge >= 0.3 is 0 Å². The second-order valence-corrected chi connectivity index (χ2v) is 5.06. The summed E-state index contributed by atoms with van der Waals surface area (Å²) in [6.45, 7) is 4.36. The first-order valence-corrected chi connectivity index (χ1v) is 5.69. The summed E-state index contributed by atoms with van der Waals surface area (Å²) in [6.07, 6.45) is 4.36. The Balaban J connectivity index is 2.07. The maximum Gasteiger partial charge on any atom is 0.0862 e. The zero-order chi connectivity index (χ0) is 11.1. The molecule has 84 valence electrons. The predicted molar refractivity (Wildman–Crippen MR) is 59.6 cm³/mol. The van der Waals surface area contributed by atoms with E-state index in [2.05, 4.69) is 24.2 Å². The van der Waals surface area contributed by atoms with E-state index in [1.807, 2.05) is 11.7 Å². The highest BCUT2D eigenvalue weighted by Gasteiger charge is 2.37. The Kier molecular flexibility index (Phi) is 2.54. The third-order valence-electron chi connectivity index (χ3n) is 3.24. The Morgan fingerprint density at radius 3 is 2.67 bits per heavy atom. The molecule has 1 aromatic heterocycles. The van der Waals surface area contributed by atoms with Crippen molar-refractivity contribution in [3.63, 3.8) is 0 Å². The molecule has 0 spiro atoms. The molecule has 2 rings (SSSR count). The fourth-order valence-electron chi connectivity index (χ4n) is 2.07. The molecule has 0 bridgehead atoms. The van der Waals surface area contributed by atoms with Crippen LogP contribution in [-0.4, -0.2) is 20.5 Å². The average Bonchev–Trinajstić information content (AvgIpc) is 2.76. The van der Waals surface area contributed by atoms with Gasteiger partial charge in [-0.1, -0.05) is 19.1 Å². The number of hydrogen-bond donors (Lipinski definition) is 1. The molecule has 0 saturated heterocycles. The van der Waals surface area contributed by atoms with E-state index in [1.54, 1.807) is 0 Å². The topological polar surface area (TPSA) is 56.7 Å². The normalized spacial score (nSPS) is 18.5. The van der Waals surface area contributed by atoms with Gasteiger partial charge in [-0.3, -0.25) is 4.68 Å². The fraction of sp³-hybridized carbons (Fsp3) is 0.818. The van der Waals surface area contributed by atoms with Gasteiger partial charge in [0.25, 0.3) is 0 Å². The van der Waals surface area contributed by atoms with E-state index >= 15 is 0 Å². The summed E-state index contributed by atoms with van der Waals surface area (Å²) in [5, 5.41) is 8.31. The lowest BCUT2D eigenvalue weighted by molar-refractivity contribution is 0.597. The summed E-state index contributed by atoms with van der Waals surface area (Å²) in [5.74, 6) is 0.480. The molecule has 4 nitrogen and oxygen atoms in total. The zero-order valence-electron chi connectivity index (χ0n) is 9.82. The first-order valence-electron chi connectivity index (χ1n) is 5.69. The molecule has 1 fully saturated rings. The molecule has 0 aliphatic heterocycles. The fourth-order valence-corrected chi connectivity index (χ4v) is 2.07. The summed E-state index contributed by atoms with van der Waals surface area (Å²) in [6, 6.07) is 0. The van der Waals surface area contributed by atoms with Gasteiger partial charge in [0.2, 0.25) is 0 Å². The molecule has 0 unspecified atom stereocenters. The second-order valence-electron chi connectivity index (χ2n) is 5.06. The van der Waals surface area contributed by atoms with Gasteiger partial charge in [-0.25, -0.2) is 0 Å². The lowest BCUT2D eigenvalue weighted by Crippen LogP contribution is -2.22. The molecule has 0 aromatic carbocycles. The van der Waals surface area contributed by atoms with Crippen LogP contribution in [0.4, 0.5) is 0 Å².